The topological polar surface area (TPSA) is 84.1 Å². The number of benzene rings is 2. The van der Waals surface area contributed by atoms with E-state index in [-0.39, 0.29) is 6.61 Å². The minimum atomic E-state index is -0.00258. The molecule has 0 aliphatic rings. The number of rotatable bonds is 5. The van der Waals surface area contributed by atoms with Crippen molar-refractivity contribution in [1.82, 2.24) is 15.0 Å². The monoisotopic (exact) mass is 382 g/mol. The van der Waals surface area contributed by atoms with E-state index in [1.807, 2.05) is 48.5 Å². The molecule has 0 saturated heterocycles. The van der Waals surface area contributed by atoms with Gasteiger partial charge >= 0.3 is 0 Å². The summed E-state index contributed by atoms with van der Waals surface area (Å²) in [6.07, 6.45) is 1.50. The van der Waals surface area contributed by atoms with Crippen LogP contribution in [0.4, 0.5) is 5.82 Å². The van der Waals surface area contributed by atoms with Crippen molar-refractivity contribution in [3.05, 3.63) is 73.1 Å². The van der Waals surface area contributed by atoms with E-state index in [1.54, 1.807) is 0 Å². The summed E-state index contributed by atoms with van der Waals surface area (Å²) in [6, 6.07) is 22.2. The molecule has 5 aromatic rings. The average molecular weight is 382 g/mol. The van der Waals surface area contributed by atoms with Crippen LogP contribution in [0.1, 0.15) is 0 Å². The molecule has 0 saturated carbocycles. The Hall–Kier alpha value is -3.77. The maximum absolute atomic E-state index is 9.15. The summed E-state index contributed by atoms with van der Waals surface area (Å²) in [7, 11) is 0. The second kappa shape index (κ2) is 7.33. The van der Waals surface area contributed by atoms with E-state index in [9.17, 15) is 0 Å². The molecule has 29 heavy (non-hydrogen) atoms. The van der Waals surface area contributed by atoms with Gasteiger partial charge in [-0.1, -0.05) is 60.7 Å². The number of hydrogen-bond donors (Lipinski definition) is 2. The second-order valence-corrected chi connectivity index (χ2v) is 6.62. The van der Waals surface area contributed by atoms with Gasteiger partial charge < -0.3 is 14.8 Å². The number of aromatic nitrogens is 3. The van der Waals surface area contributed by atoms with Gasteiger partial charge in [-0.05, 0) is 17.2 Å². The number of anilines is 1. The number of pyridine rings is 1. The molecule has 2 aromatic carbocycles. The summed E-state index contributed by atoms with van der Waals surface area (Å²) >= 11 is 0. The number of nitrogens with one attached hydrogen (secondary N) is 1. The smallest absolute Gasteiger partial charge is 0.230 e. The summed E-state index contributed by atoms with van der Waals surface area (Å²) < 4.78 is 6.12. The van der Waals surface area contributed by atoms with Gasteiger partial charge in [0, 0.05) is 12.1 Å². The third-order valence-corrected chi connectivity index (χ3v) is 4.78. The van der Waals surface area contributed by atoms with Crippen LogP contribution in [0.15, 0.2) is 77.5 Å². The van der Waals surface area contributed by atoms with E-state index in [4.69, 9.17) is 14.5 Å². The molecule has 0 bridgehead atoms. The normalized spacial score (nSPS) is 11.2. The largest absolute Gasteiger partial charge is 0.432 e. The minimum Gasteiger partial charge on any atom is -0.432 e. The van der Waals surface area contributed by atoms with Crippen molar-refractivity contribution in [3.8, 4) is 22.4 Å². The Morgan fingerprint density at radius 3 is 2.34 bits per heavy atom. The van der Waals surface area contributed by atoms with Gasteiger partial charge in [-0.25, -0.2) is 15.0 Å². The first-order valence-corrected chi connectivity index (χ1v) is 9.39. The van der Waals surface area contributed by atoms with E-state index in [1.165, 1.54) is 6.33 Å². The fraction of sp³-hybridized carbons (Fsp3) is 0.0870. The first kappa shape index (κ1) is 17.3. The van der Waals surface area contributed by atoms with Crippen molar-refractivity contribution in [2.75, 3.05) is 18.5 Å². The van der Waals surface area contributed by atoms with Crippen LogP contribution in [0.2, 0.25) is 0 Å². The Kier molecular flexibility index (Phi) is 4.38. The predicted molar refractivity (Wildman–Crippen MR) is 114 cm³/mol. The minimum absolute atomic E-state index is 0.00258. The maximum atomic E-state index is 9.15. The highest BCUT2D eigenvalue weighted by atomic mass is 16.3. The summed E-state index contributed by atoms with van der Waals surface area (Å²) in [5.74, 6) is 0.544. The molecule has 142 valence electrons. The summed E-state index contributed by atoms with van der Waals surface area (Å²) in [6.45, 7) is 0.370. The van der Waals surface area contributed by atoms with Crippen LogP contribution in [-0.2, 0) is 0 Å². The predicted octanol–water partition coefficient (Wildman–Crippen LogP) is 4.51. The second-order valence-electron chi connectivity index (χ2n) is 6.62. The van der Waals surface area contributed by atoms with Gasteiger partial charge in [0.15, 0.2) is 11.4 Å². The van der Waals surface area contributed by atoms with Crippen molar-refractivity contribution in [2.24, 2.45) is 0 Å². The van der Waals surface area contributed by atoms with Crippen LogP contribution in [0, 0.1) is 0 Å². The maximum Gasteiger partial charge on any atom is 0.230 e. The molecular weight excluding hydrogens is 364 g/mol. The van der Waals surface area contributed by atoms with Gasteiger partial charge in [0.05, 0.1) is 17.7 Å². The average Bonchev–Trinajstić information content (AvgIpc) is 3.17. The lowest BCUT2D eigenvalue weighted by Crippen LogP contribution is -2.07. The van der Waals surface area contributed by atoms with E-state index in [0.717, 1.165) is 27.8 Å². The molecule has 0 amide bonds. The van der Waals surface area contributed by atoms with E-state index < -0.39 is 0 Å². The van der Waals surface area contributed by atoms with E-state index in [0.29, 0.717) is 29.2 Å². The van der Waals surface area contributed by atoms with Crippen LogP contribution in [0.25, 0.3) is 44.6 Å². The van der Waals surface area contributed by atoms with Crippen molar-refractivity contribution < 1.29 is 9.52 Å². The fourth-order valence-corrected chi connectivity index (χ4v) is 3.47. The molecule has 0 unspecified atom stereocenters. The zero-order valence-electron chi connectivity index (χ0n) is 15.5. The molecule has 6 nitrogen and oxygen atoms in total. The third kappa shape index (κ3) is 3.09. The molecule has 0 aliphatic carbocycles. The van der Waals surface area contributed by atoms with Crippen molar-refractivity contribution in [3.63, 3.8) is 0 Å². The standard InChI is InChI=1S/C23H18N4O2/c28-12-11-24-22-21-20(25-14-26-22)19-17(15-7-3-1-4-8-15)13-18(27-23(19)29-21)16-9-5-2-6-10-16/h1-10,13-14,28H,11-12H2,(H,24,25,26). The molecule has 2 N–H and O–H groups in total. The van der Waals surface area contributed by atoms with Gasteiger partial charge in [-0.3, -0.25) is 0 Å². The molecule has 0 fully saturated rings. The lowest BCUT2D eigenvalue weighted by Gasteiger charge is -2.07. The molecule has 0 spiro atoms. The molecule has 6 heteroatoms. The zero-order chi connectivity index (χ0) is 19.6. The number of aliphatic hydroxyl groups is 1. The van der Waals surface area contributed by atoms with Gasteiger partial charge in [0.2, 0.25) is 5.71 Å². The summed E-state index contributed by atoms with van der Waals surface area (Å²) in [5.41, 5.74) is 5.63. The van der Waals surface area contributed by atoms with Crippen LogP contribution in [0.3, 0.4) is 0 Å². The molecular formula is C23H18N4O2. The van der Waals surface area contributed by atoms with E-state index >= 15 is 0 Å². The molecule has 3 heterocycles. The Morgan fingerprint density at radius 2 is 1.62 bits per heavy atom. The van der Waals surface area contributed by atoms with Crippen molar-refractivity contribution in [1.29, 1.82) is 0 Å². The lowest BCUT2D eigenvalue weighted by molar-refractivity contribution is 0.311. The number of nitrogens with zero attached hydrogens (tertiary/aromatic N) is 3. The number of fused-ring (bicyclic) bond motifs is 3. The highest BCUT2D eigenvalue weighted by molar-refractivity contribution is 6.12. The number of hydrogen-bond acceptors (Lipinski definition) is 6. The van der Waals surface area contributed by atoms with Crippen LogP contribution < -0.4 is 5.32 Å². The zero-order valence-corrected chi connectivity index (χ0v) is 15.5. The van der Waals surface area contributed by atoms with E-state index in [2.05, 4.69) is 33.5 Å². The Morgan fingerprint density at radius 1 is 0.897 bits per heavy atom. The van der Waals surface area contributed by atoms with Crippen LogP contribution >= 0.6 is 0 Å². The Balaban J connectivity index is 1.83. The summed E-state index contributed by atoms with van der Waals surface area (Å²) in [4.78, 5) is 13.5. The molecule has 0 radical (unpaired) electrons. The molecule has 3 aromatic heterocycles. The number of aliphatic hydroxyl groups excluding tert-OH is 1. The van der Waals surface area contributed by atoms with Gasteiger partial charge in [0.1, 0.15) is 11.8 Å². The summed E-state index contributed by atoms with van der Waals surface area (Å²) in [5, 5.41) is 13.1. The first-order chi connectivity index (χ1) is 14.3. The Labute approximate surface area is 166 Å². The lowest BCUT2D eigenvalue weighted by atomic mass is 10.00. The first-order valence-electron chi connectivity index (χ1n) is 9.39. The molecule has 0 atom stereocenters. The van der Waals surface area contributed by atoms with Crippen LogP contribution in [-0.4, -0.2) is 33.2 Å². The van der Waals surface area contributed by atoms with Gasteiger partial charge in [0.25, 0.3) is 0 Å². The fourth-order valence-electron chi connectivity index (χ4n) is 3.47. The third-order valence-electron chi connectivity index (χ3n) is 4.78. The number of furan rings is 1. The molecule has 0 aliphatic heterocycles. The van der Waals surface area contributed by atoms with Crippen molar-refractivity contribution >= 4 is 28.0 Å². The quantitative estimate of drug-likeness (QED) is 0.465. The van der Waals surface area contributed by atoms with Gasteiger partial charge in [-0.15, -0.1) is 0 Å². The molecule has 5 rings (SSSR count). The highest BCUT2D eigenvalue weighted by Crippen LogP contribution is 2.38. The Bertz CT molecular complexity index is 1280. The van der Waals surface area contributed by atoms with Crippen LogP contribution in [0.5, 0.6) is 0 Å². The SMILES string of the molecule is OCCNc1ncnc2c1oc1nc(-c3ccccc3)cc(-c3ccccc3)c12. The van der Waals surface area contributed by atoms with Crippen molar-refractivity contribution in [2.45, 2.75) is 0 Å². The van der Waals surface area contributed by atoms with Gasteiger partial charge in [-0.2, -0.15) is 0 Å². The highest BCUT2D eigenvalue weighted by Gasteiger charge is 2.19.